The summed E-state index contributed by atoms with van der Waals surface area (Å²) in [5.41, 5.74) is 2.96. The van der Waals surface area contributed by atoms with E-state index < -0.39 is 11.7 Å². The van der Waals surface area contributed by atoms with Crippen LogP contribution in [0, 0.1) is 22.6 Å². The van der Waals surface area contributed by atoms with Crippen LogP contribution in [0.1, 0.15) is 86.3 Å². The second-order valence-corrected chi connectivity index (χ2v) is 11.6. The van der Waals surface area contributed by atoms with Crippen LogP contribution in [0.25, 0.3) is 0 Å². The van der Waals surface area contributed by atoms with Gasteiger partial charge in [0.05, 0.1) is 5.56 Å². The first-order valence-corrected chi connectivity index (χ1v) is 13.0. The third kappa shape index (κ3) is 3.90. The van der Waals surface area contributed by atoms with E-state index in [0.717, 1.165) is 37.7 Å². The molecule has 0 spiro atoms. The van der Waals surface area contributed by atoms with Crippen LogP contribution < -0.4 is 4.90 Å². The summed E-state index contributed by atoms with van der Waals surface area (Å²) in [4.78, 5) is 30.1. The minimum absolute atomic E-state index is 0.0227. The highest BCUT2D eigenvalue weighted by molar-refractivity contribution is 7.16. The Morgan fingerprint density at radius 3 is 2.56 bits per heavy atom. The number of ketones is 1. The number of allylic oxidation sites excluding steroid dienone is 2. The van der Waals surface area contributed by atoms with Crippen LogP contribution in [-0.2, 0) is 22.4 Å². The first-order chi connectivity index (χ1) is 16.3. The van der Waals surface area contributed by atoms with Crippen LogP contribution in [0.3, 0.4) is 0 Å². The van der Waals surface area contributed by atoms with Crippen molar-refractivity contribution in [1.29, 1.82) is 5.26 Å². The molecule has 2 aromatic rings. The molecule has 1 amide bonds. The van der Waals surface area contributed by atoms with Gasteiger partial charge < -0.3 is 0 Å². The summed E-state index contributed by atoms with van der Waals surface area (Å²) in [5.74, 6) is -1.17. The smallest absolute Gasteiger partial charge is 0.232 e. The number of fused-ring (bicyclic) bond motifs is 1. The molecule has 3 aliphatic rings. The van der Waals surface area contributed by atoms with Gasteiger partial charge in [-0.25, -0.2) is 4.39 Å². The minimum atomic E-state index is -0.588. The van der Waals surface area contributed by atoms with E-state index in [9.17, 15) is 19.2 Å². The number of nitrogens with zero attached hydrogens (tertiary/aromatic N) is 2. The summed E-state index contributed by atoms with van der Waals surface area (Å²) < 4.78 is 14.8. The molecule has 34 heavy (non-hydrogen) atoms. The summed E-state index contributed by atoms with van der Waals surface area (Å²) in [6, 6.07) is 8.83. The molecule has 4 nitrogen and oxygen atoms in total. The predicted molar refractivity (Wildman–Crippen MR) is 131 cm³/mol. The number of anilines is 1. The molecule has 0 bridgehead atoms. The van der Waals surface area contributed by atoms with Crippen LogP contribution >= 0.6 is 11.3 Å². The standard InChI is InChI=1S/C28H29FN2O2S/c1-28(2)14-22-26(23(32)15-28)19(17-9-7-8-11-21(17)29)13-25(33)31(22)27-20(16-30)18-10-5-3-4-6-12-24(18)34-27/h7-9,11,19H,3-6,10,12-15H2,1-2H3. The molecule has 1 atom stereocenters. The van der Waals surface area contributed by atoms with Crippen LogP contribution in [0.4, 0.5) is 9.39 Å². The number of halogens is 1. The van der Waals surface area contributed by atoms with Gasteiger partial charge in [-0.15, -0.1) is 11.3 Å². The van der Waals surface area contributed by atoms with Gasteiger partial charge in [0.1, 0.15) is 16.9 Å². The van der Waals surface area contributed by atoms with Crippen molar-refractivity contribution in [3.63, 3.8) is 0 Å². The van der Waals surface area contributed by atoms with E-state index in [1.54, 1.807) is 23.1 Å². The van der Waals surface area contributed by atoms with Crippen LogP contribution in [0.15, 0.2) is 35.5 Å². The van der Waals surface area contributed by atoms with Crippen molar-refractivity contribution >= 4 is 28.0 Å². The quantitative estimate of drug-likeness (QED) is 0.492. The fourth-order valence-corrected chi connectivity index (χ4v) is 7.23. The molecular weight excluding hydrogens is 447 g/mol. The van der Waals surface area contributed by atoms with Crippen LogP contribution in [-0.4, -0.2) is 11.7 Å². The molecule has 0 saturated heterocycles. The van der Waals surface area contributed by atoms with Gasteiger partial charge in [-0.2, -0.15) is 5.26 Å². The molecule has 1 aliphatic heterocycles. The summed E-state index contributed by atoms with van der Waals surface area (Å²) in [6.45, 7) is 4.06. The molecule has 0 saturated carbocycles. The van der Waals surface area contributed by atoms with Crippen molar-refractivity contribution in [2.45, 2.75) is 77.6 Å². The number of benzene rings is 1. The van der Waals surface area contributed by atoms with Crippen LogP contribution in [0.2, 0.25) is 0 Å². The number of thiophene rings is 1. The van der Waals surface area contributed by atoms with Gasteiger partial charge in [-0.3, -0.25) is 14.5 Å². The van der Waals surface area contributed by atoms with Crippen LogP contribution in [0.5, 0.6) is 0 Å². The number of hydrogen-bond acceptors (Lipinski definition) is 4. The molecule has 0 N–H and O–H groups in total. The number of hydrogen-bond donors (Lipinski definition) is 0. The number of amides is 1. The Hall–Kier alpha value is -2.78. The molecule has 6 heteroatoms. The largest absolute Gasteiger partial charge is 0.294 e. The molecule has 2 aliphatic carbocycles. The average Bonchev–Trinajstić information content (AvgIpc) is 3.08. The van der Waals surface area contributed by atoms with Gasteiger partial charge in [0.2, 0.25) is 5.91 Å². The van der Waals surface area contributed by atoms with E-state index in [1.807, 2.05) is 13.8 Å². The monoisotopic (exact) mass is 476 g/mol. The molecule has 0 fully saturated rings. The maximum absolute atomic E-state index is 14.8. The van der Waals surface area contributed by atoms with Crippen molar-refractivity contribution in [3.05, 3.63) is 62.9 Å². The number of nitriles is 1. The van der Waals surface area contributed by atoms with E-state index in [4.69, 9.17) is 0 Å². The third-order valence-electron chi connectivity index (χ3n) is 7.39. The first kappa shape index (κ1) is 23.0. The van der Waals surface area contributed by atoms with E-state index >= 15 is 0 Å². The predicted octanol–water partition coefficient (Wildman–Crippen LogP) is 6.58. The maximum Gasteiger partial charge on any atom is 0.232 e. The Balaban J connectivity index is 1.71. The normalized spacial score (nSPS) is 22.5. The Bertz CT molecular complexity index is 1250. The highest BCUT2D eigenvalue weighted by atomic mass is 32.1. The van der Waals surface area contributed by atoms with Crippen molar-refractivity contribution in [3.8, 4) is 6.07 Å². The number of carbonyl (C=O) groups is 2. The van der Waals surface area contributed by atoms with Gasteiger partial charge in [0, 0.05) is 34.9 Å². The summed E-state index contributed by atoms with van der Waals surface area (Å²) in [7, 11) is 0. The fraction of sp³-hybridized carbons (Fsp3) is 0.464. The third-order valence-corrected chi connectivity index (χ3v) is 8.67. The molecular formula is C28H29FN2O2S. The second kappa shape index (κ2) is 8.78. The van der Waals surface area contributed by atoms with Gasteiger partial charge in [-0.05, 0) is 54.7 Å². The van der Waals surface area contributed by atoms with E-state index in [1.165, 1.54) is 28.7 Å². The Kier molecular flexibility index (Phi) is 5.93. The number of carbonyl (C=O) groups excluding carboxylic acids is 2. The van der Waals surface area contributed by atoms with Crippen molar-refractivity contribution in [2.75, 3.05) is 4.90 Å². The van der Waals surface area contributed by atoms with Gasteiger partial charge in [0.15, 0.2) is 5.78 Å². The van der Waals surface area contributed by atoms with E-state index in [2.05, 4.69) is 6.07 Å². The topological polar surface area (TPSA) is 61.2 Å². The lowest BCUT2D eigenvalue weighted by Gasteiger charge is -2.42. The maximum atomic E-state index is 14.8. The van der Waals surface area contributed by atoms with Crippen molar-refractivity contribution in [2.24, 2.45) is 5.41 Å². The average molecular weight is 477 g/mol. The van der Waals surface area contributed by atoms with Gasteiger partial charge >= 0.3 is 0 Å². The number of Topliss-reactive ketones (excluding diaryl/α,β-unsaturated/α-hetero) is 1. The Labute approximate surface area is 204 Å². The highest BCUT2D eigenvalue weighted by Crippen LogP contribution is 2.51. The molecule has 1 aromatic heterocycles. The second-order valence-electron chi connectivity index (χ2n) is 10.5. The zero-order valence-electron chi connectivity index (χ0n) is 19.7. The summed E-state index contributed by atoms with van der Waals surface area (Å²) in [6.07, 6.45) is 7.17. The molecule has 1 unspecified atom stereocenters. The zero-order chi connectivity index (χ0) is 24.0. The Morgan fingerprint density at radius 2 is 1.82 bits per heavy atom. The first-order valence-electron chi connectivity index (χ1n) is 12.2. The molecule has 0 radical (unpaired) electrons. The number of aryl methyl sites for hydroxylation is 1. The van der Waals surface area contributed by atoms with Gasteiger partial charge in [-0.1, -0.05) is 44.9 Å². The summed E-state index contributed by atoms with van der Waals surface area (Å²) >= 11 is 1.54. The Morgan fingerprint density at radius 1 is 1.09 bits per heavy atom. The molecule has 2 heterocycles. The van der Waals surface area contributed by atoms with E-state index in [0.29, 0.717) is 40.2 Å². The van der Waals surface area contributed by atoms with Gasteiger partial charge in [0.25, 0.3) is 0 Å². The lowest BCUT2D eigenvalue weighted by molar-refractivity contribution is -0.120. The lowest BCUT2D eigenvalue weighted by atomic mass is 9.69. The van der Waals surface area contributed by atoms with Crippen molar-refractivity contribution in [1.82, 2.24) is 0 Å². The lowest BCUT2D eigenvalue weighted by Crippen LogP contribution is -2.43. The molecule has 1 aromatic carbocycles. The molecule has 5 rings (SSSR count). The summed E-state index contributed by atoms with van der Waals surface area (Å²) in [5, 5.41) is 10.8. The number of rotatable bonds is 2. The highest BCUT2D eigenvalue weighted by Gasteiger charge is 2.46. The minimum Gasteiger partial charge on any atom is -0.294 e. The van der Waals surface area contributed by atoms with E-state index in [-0.39, 0.29) is 23.5 Å². The zero-order valence-corrected chi connectivity index (χ0v) is 20.6. The van der Waals surface area contributed by atoms with Crippen molar-refractivity contribution < 1.29 is 14.0 Å². The molecule has 176 valence electrons. The SMILES string of the molecule is CC1(C)CC(=O)C2=C(C1)N(c1sc3c(c1C#N)CCCCCC3)C(=O)CC2c1ccccc1F. The fourth-order valence-electron chi connectivity index (χ4n) is 5.85.